The fraction of sp³-hybridized carbons (Fsp3) is 0.333. The molecule has 0 amide bonds. The molecule has 1 aliphatic heterocycles. The Morgan fingerprint density at radius 1 is 1.54 bits per heavy atom. The molecule has 0 fully saturated rings. The second-order valence-corrected chi connectivity index (χ2v) is 2.80. The first-order valence-electron chi connectivity index (χ1n) is 4.00. The number of aliphatic hydroxyl groups excluding tert-OH is 1. The summed E-state index contributed by atoms with van der Waals surface area (Å²) in [5, 5.41) is 8.79. The Hall–Kier alpha value is -1.29. The predicted molar refractivity (Wildman–Crippen MR) is 43.4 cm³/mol. The summed E-state index contributed by atoms with van der Waals surface area (Å²) in [5.41, 5.74) is 0. The van der Waals surface area contributed by atoms with Crippen molar-refractivity contribution < 1.29 is 19.0 Å². The number of para-hydroxylation sites is 1. The zero-order valence-corrected chi connectivity index (χ0v) is 6.87. The quantitative estimate of drug-likeness (QED) is 0.706. The van der Waals surface area contributed by atoms with Crippen molar-refractivity contribution in [3.63, 3.8) is 0 Å². The van der Waals surface area contributed by atoms with Gasteiger partial charge in [-0.1, -0.05) is 6.07 Å². The van der Waals surface area contributed by atoms with Crippen molar-refractivity contribution in [2.45, 2.75) is 6.10 Å². The Morgan fingerprint density at radius 3 is 3.15 bits per heavy atom. The van der Waals surface area contributed by atoms with Gasteiger partial charge in [-0.05, 0) is 12.1 Å². The van der Waals surface area contributed by atoms with Crippen LogP contribution in [0.5, 0.6) is 11.5 Å². The Bertz CT molecular complexity index is 314. The first-order valence-corrected chi connectivity index (χ1v) is 4.00. The van der Waals surface area contributed by atoms with E-state index in [2.05, 4.69) is 0 Å². The fourth-order valence-corrected chi connectivity index (χ4v) is 1.20. The number of fused-ring (bicyclic) bond motifs is 1. The van der Waals surface area contributed by atoms with Crippen LogP contribution >= 0.6 is 0 Å². The summed E-state index contributed by atoms with van der Waals surface area (Å²) in [6, 6.07) is 4.46. The summed E-state index contributed by atoms with van der Waals surface area (Å²) >= 11 is 0. The van der Waals surface area contributed by atoms with Crippen LogP contribution in [-0.4, -0.2) is 24.4 Å². The van der Waals surface area contributed by atoms with Gasteiger partial charge in [0.1, 0.15) is 6.61 Å². The summed E-state index contributed by atoms with van der Waals surface area (Å²) in [6.07, 6.45) is -0.394. The fourth-order valence-electron chi connectivity index (χ4n) is 1.20. The van der Waals surface area contributed by atoms with Crippen molar-refractivity contribution >= 4 is 0 Å². The Kier molecular flexibility index (Phi) is 2.06. The molecule has 0 radical (unpaired) electrons. The minimum atomic E-state index is -0.436. The van der Waals surface area contributed by atoms with E-state index in [0.29, 0.717) is 5.75 Å². The molecule has 13 heavy (non-hydrogen) atoms. The van der Waals surface area contributed by atoms with Crippen molar-refractivity contribution in [2.75, 3.05) is 13.2 Å². The second-order valence-electron chi connectivity index (χ2n) is 2.80. The highest BCUT2D eigenvalue weighted by Gasteiger charge is 2.22. The molecule has 1 atom stereocenters. The molecule has 1 heterocycles. The lowest BCUT2D eigenvalue weighted by molar-refractivity contribution is 0.0429. The third kappa shape index (κ3) is 1.45. The molecule has 0 unspecified atom stereocenters. The highest BCUT2D eigenvalue weighted by atomic mass is 19.1. The Morgan fingerprint density at radius 2 is 2.38 bits per heavy atom. The van der Waals surface area contributed by atoms with Gasteiger partial charge >= 0.3 is 0 Å². The lowest BCUT2D eigenvalue weighted by Crippen LogP contribution is -2.32. The van der Waals surface area contributed by atoms with Crippen molar-refractivity contribution in [1.82, 2.24) is 0 Å². The molecule has 1 N–H and O–H groups in total. The van der Waals surface area contributed by atoms with Crippen LogP contribution < -0.4 is 9.47 Å². The van der Waals surface area contributed by atoms with Crippen LogP contribution in [0.3, 0.4) is 0 Å². The molecular formula is C9H9FO3. The Balaban J connectivity index is 2.31. The third-order valence-corrected chi connectivity index (χ3v) is 1.84. The smallest absolute Gasteiger partial charge is 0.197 e. The first kappa shape index (κ1) is 8.31. The van der Waals surface area contributed by atoms with Gasteiger partial charge in [-0.15, -0.1) is 0 Å². The van der Waals surface area contributed by atoms with Crippen LogP contribution in [0.25, 0.3) is 0 Å². The molecule has 3 nitrogen and oxygen atoms in total. The number of halogens is 1. The molecule has 0 saturated heterocycles. The second kappa shape index (κ2) is 3.22. The number of rotatable bonds is 1. The van der Waals surface area contributed by atoms with Crippen LogP contribution in [-0.2, 0) is 0 Å². The van der Waals surface area contributed by atoms with Gasteiger partial charge in [0.05, 0.1) is 6.61 Å². The van der Waals surface area contributed by atoms with Gasteiger partial charge in [-0.25, -0.2) is 4.39 Å². The summed E-state index contributed by atoms with van der Waals surface area (Å²) in [7, 11) is 0. The third-order valence-electron chi connectivity index (χ3n) is 1.84. The maximum Gasteiger partial charge on any atom is 0.197 e. The number of aliphatic hydroxyl groups is 1. The van der Waals surface area contributed by atoms with Gasteiger partial charge in [0.2, 0.25) is 0 Å². The summed E-state index contributed by atoms with van der Waals surface area (Å²) < 4.78 is 23.4. The van der Waals surface area contributed by atoms with Gasteiger partial charge < -0.3 is 14.6 Å². The molecule has 70 valence electrons. The van der Waals surface area contributed by atoms with Crippen LogP contribution in [0.1, 0.15) is 0 Å². The maximum atomic E-state index is 13.0. The minimum absolute atomic E-state index is 0.129. The van der Waals surface area contributed by atoms with Crippen molar-refractivity contribution in [2.24, 2.45) is 0 Å². The van der Waals surface area contributed by atoms with E-state index in [0.717, 1.165) is 0 Å². The molecular weight excluding hydrogens is 175 g/mol. The normalized spacial score (nSPS) is 20.0. The highest BCUT2D eigenvalue weighted by Crippen LogP contribution is 2.33. The summed E-state index contributed by atoms with van der Waals surface area (Å²) in [6.45, 7) is 0.0559. The number of hydrogen-bond acceptors (Lipinski definition) is 3. The van der Waals surface area contributed by atoms with Gasteiger partial charge in [0.25, 0.3) is 0 Å². The topological polar surface area (TPSA) is 38.7 Å². The average molecular weight is 184 g/mol. The molecule has 1 aliphatic rings. The van der Waals surface area contributed by atoms with E-state index in [9.17, 15) is 4.39 Å². The molecule has 0 aromatic heterocycles. The van der Waals surface area contributed by atoms with E-state index >= 15 is 0 Å². The van der Waals surface area contributed by atoms with E-state index in [1.807, 2.05) is 0 Å². The number of benzene rings is 1. The van der Waals surface area contributed by atoms with Gasteiger partial charge in [0.15, 0.2) is 23.4 Å². The van der Waals surface area contributed by atoms with Crippen LogP contribution in [0, 0.1) is 5.82 Å². The Labute approximate surface area is 74.7 Å². The SMILES string of the molecule is OC[C@@H]1COc2c(F)cccc2O1. The molecule has 1 aromatic rings. The molecule has 2 rings (SSSR count). The van der Waals surface area contributed by atoms with E-state index in [4.69, 9.17) is 14.6 Å². The van der Waals surface area contributed by atoms with E-state index < -0.39 is 11.9 Å². The van der Waals surface area contributed by atoms with Crippen LogP contribution in [0.4, 0.5) is 4.39 Å². The first-order chi connectivity index (χ1) is 6.31. The van der Waals surface area contributed by atoms with E-state index in [1.54, 1.807) is 6.07 Å². The van der Waals surface area contributed by atoms with Crippen molar-refractivity contribution in [1.29, 1.82) is 0 Å². The van der Waals surface area contributed by atoms with Gasteiger partial charge in [-0.3, -0.25) is 0 Å². The molecule has 1 aromatic carbocycles. The van der Waals surface area contributed by atoms with E-state index in [1.165, 1.54) is 12.1 Å². The zero-order valence-electron chi connectivity index (χ0n) is 6.87. The summed E-state index contributed by atoms with van der Waals surface area (Å²) in [5.74, 6) is 0.0476. The number of hydrogen-bond donors (Lipinski definition) is 1. The van der Waals surface area contributed by atoms with Gasteiger partial charge in [0, 0.05) is 0 Å². The van der Waals surface area contributed by atoms with Crippen LogP contribution in [0.2, 0.25) is 0 Å². The molecule has 0 bridgehead atoms. The average Bonchev–Trinajstić information content (AvgIpc) is 2.18. The molecule has 0 aliphatic carbocycles. The lowest BCUT2D eigenvalue weighted by Gasteiger charge is -2.25. The standard InChI is InChI=1S/C9H9FO3/c10-7-2-1-3-8-9(7)12-5-6(4-11)13-8/h1-3,6,11H,4-5H2/t6-/m1/s1. The van der Waals surface area contributed by atoms with Gasteiger partial charge in [-0.2, -0.15) is 0 Å². The largest absolute Gasteiger partial charge is 0.483 e. The monoisotopic (exact) mass is 184 g/mol. The van der Waals surface area contributed by atoms with Crippen LogP contribution in [0.15, 0.2) is 18.2 Å². The van der Waals surface area contributed by atoms with Crippen molar-refractivity contribution in [3.05, 3.63) is 24.0 Å². The van der Waals surface area contributed by atoms with E-state index in [-0.39, 0.29) is 19.0 Å². The number of ether oxygens (including phenoxy) is 2. The predicted octanol–water partition coefficient (Wildman–Crippen LogP) is 0.958. The molecule has 4 heteroatoms. The highest BCUT2D eigenvalue weighted by molar-refractivity contribution is 5.42. The zero-order chi connectivity index (χ0) is 9.26. The lowest BCUT2D eigenvalue weighted by atomic mass is 10.2. The molecule has 0 saturated carbocycles. The maximum absolute atomic E-state index is 13.0. The summed E-state index contributed by atoms with van der Waals surface area (Å²) in [4.78, 5) is 0. The minimum Gasteiger partial charge on any atom is -0.483 e. The van der Waals surface area contributed by atoms with Crippen molar-refractivity contribution in [3.8, 4) is 11.5 Å². The molecule has 0 spiro atoms.